The van der Waals surface area contributed by atoms with Crippen molar-refractivity contribution in [2.24, 2.45) is 0 Å². The van der Waals surface area contributed by atoms with Gasteiger partial charge in [0, 0.05) is 11.0 Å². The van der Waals surface area contributed by atoms with E-state index in [2.05, 4.69) is 15.9 Å². The van der Waals surface area contributed by atoms with Crippen LogP contribution in [-0.4, -0.2) is 25.7 Å². The minimum atomic E-state index is -0.0544. The third-order valence-corrected chi connectivity index (χ3v) is 3.49. The third kappa shape index (κ3) is 2.17. The summed E-state index contributed by atoms with van der Waals surface area (Å²) >= 11 is 9.44. The quantitative estimate of drug-likeness (QED) is 0.795. The maximum absolute atomic E-state index is 11.6. The van der Waals surface area contributed by atoms with Gasteiger partial charge in [-0.2, -0.15) is 0 Å². The van der Waals surface area contributed by atoms with Crippen molar-refractivity contribution in [1.29, 1.82) is 0 Å². The van der Waals surface area contributed by atoms with Gasteiger partial charge in [0.25, 0.3) is 5.91 Å². The molecule has 0 N–H and O–H groups in total. The first-order valence-corrected chi connectivity index (χ1v) is 5.69. The zero-order valence-corrected chi connectivity index (χ0v) is 10.2. The van der Waals surface area contributed by atoms with Crippen LogP contribution in [0.15, 0.2) is 22.7 Å². The van der Waals surface area contributed by atoms with Crippen LogP contribution < -0.4 is 4.90 Å². The van der Waals surface area contributed by atoms with Crippen molar-refractivity contribution in [3.05, 3.63) is 27.7 Å². The van der Waals surface area contributed by atoms with E-state index in [0.29, 0.717) is 18.2 Å². The summed E-state index contributed by atoms with van der Waals surface area (Å²) in [4.78, 5) is 13.2. The fraction of sp³-hybridized carbons (Fsp3) is 0.300. The van der Waals surface area contributed by atoms with Crippen LogP contribution in [-0.2, 0) is 9.53 Å². The molecule has 1 aromatic carbocycles. The van der Waals surface area contributed by atoms with E-state index in [0.717, 1.165) is 10.2 Å². The molecule has 3 nitrogen and oxygen atoms in total. The van der Waals surface area contributed by atoms with Crippen molar-refractivity contribution < 1.29 is 9.53 Å². The first-order chi connectivity index (χ1) is 7.20. The Labute approximate surface area is 101 Å². The maximum Gasteiger partial charge on any atom is 0.253 e. The van der Waals surface area contributed by atoms with Gasteiger partial charge in [0.2, 0.25) is 0 Å². The van der Waals surface area contributed by atoms with Gasteiger partial charge in [0.15, 0.2) is 0 Å². The lowest BCUT2D eigenvalue weighted by molar-refractivity contribution is -0.125. The summed E-state index contributed by atoms with van der Waals surface area (Å²) in [6, 6.07) is 5.53. The molecule has 1 saturated heterocycles. The largest absolute Gasteiger partial charge is 0.370 e. The predicted octanol–water partition coefficient (Wildman–Crippen LogP) is 2.47. The number of nitrogens with zero attached hydrogens (tertiary/aromatic N) is 1. The molecule has 1 heterocycles. The van der Waals surface area contributed by atoms with Gasteiger partial charge in [0.05, 0.1) is 17.3 Å². The van der Waals surface area contributed by atoms with E-state index < -0.39 is 0 Å². The Balaban J connectivity index is 2.35. The number of ether oxygens (including phenoxy) is 1. The molecule has 0 unspecified atom stereocenters. The number of anilines is 1. The molecule has 1 aliphatic heterocycles. The third-order valence-electron chi connectivity index (χ3n) is 2.21. The lowest BCUT2D eigenvalue weighted by Crippen LogP contribution is -2.41. The Morgan fingerprint density at radius 3 is 3.00 bits per heavy atom. The second kappa shape index (κ2) is 4.51. The van der Waals surface area contributed by atoms with Crippen LogP contribution in [0.3, 0.4) is 0 Å². The monoisotopic (exact) mass is 289 g/mol. The molecule has 1 fully saturated rings. The second-order valence-corrected chi connectivity index (χ2v) is 4.40. The molecule has 0 aromatic heterocycles. The summed E-state index contributed by atoms with van der Waals surface area (Å²) in [5, 5.41) is 0.563. The van der Waals surface area contributed by atoms with Gasteiger partial charge in [-0.05, 0) is 28.1 Å². The highest BCUT2D eigenvalue weighted by Gasteiger charge is 2.22. The van der Waals surface area contributed by atoms with Gasteiger partial charge in [-0.15, -0.1) is 0 Å². The van der Waals surface area contributed by atoms with Crippen molar-refractivity contribution in [3.63, 3.8) is 0 Å². The highest BCUT2D eigenvalue weighted by molar-refractivity contribution is 9.10. The van der Waals surface area contributed by atoms with Gasteiger partial charge in [-0.3, -0.25) is 4.79 Å². The van der Waals surface area contributed by atoms with Crippen molar-refractivity contribution in [2.75, 3.05) is 24.7 Å². The molecule has 1 aromatic rings. The van der Waals surface area contributed by atoms with Crippen LogP contribution in [0.5, 0.6) is 0 Å². The summed E-state index contributed by atoms with van der Waals surface area (Å²) in [5.74, 6) is -0.0544. The van der Waals surface area contributed by atoms with Gasteiger partial charge in [0.1, 0.15) is 6.61 Å². The Bertz CT molecular complexity index is 397. The Morgan fingerprint density at radius 1 is 1.47 bits per heavy atom. The van der Waals surface area contributed by atoms with Crippen LogP contribution in [0.4, 0.5) is 5.69 Å². The zero-order chi connectivity index (χ0) is 10.8. The van der Waals surface area contributed by atoms with E-state index in [4.69, 9.17) is 16.3 Å². The number of hydrogen-bond donors (Lipinski definition) is 0. The molecule has 80 valence electrons. The number of rotatable bonds is 1. The summed E-state index contributed by atoms with van der Waals surface area (Å²) in [5.41, 5.74) is 0.736. The molecular formula is C10H9BrClNO2. The predicted molar refractivity (Wildman–Crippen MR) is 62.3 cm³/mol. The summed E-state index contributed by atoms with van der Waals surface area (Å²) in [7, 11) is 0. The average Bonchev–Trinajstić information content (AvgIpc) is 2.23. The molecule has 0 radical (unpaired) electrons. The molecule has 15 heavy (non-hydrogen) atoms. The summed E-state index contributed by atoms with van der Waals surface area (Å²) < 4.78 is 5.85. The first-order valence-electron chi connectivity index (χ1n) is 4.52. The van der Waals surface area contributed by atoms with E-state index in [1.807, 2.05) is 18.2 Å². The summed E-state index contributed by atoms with van der Waals surface area (Å²) in [6.45, 7) is 1.23. The molecule has 0 bridgehead atoms. The lowest BCUT2D eigenvalue weighted by Gasteiger charge is -2.27. The minimum absolute atomic E-state index is 0.0544. The van der Waals surface area contributed by atoms with Gasteiger partial charge in [-0.25, -0.2) is 0 Å². The molecule has 2 rings (SSSR count). The molecule has 5 heteroatoms. The Morgan fingerprint density at radius 2 is 2.27 bits per heavy atom. The molecule has 1 amide bonds. The first kappa shape index (κ1) is 10.9. The van der Waals surface area contributed by atoms with Crippen LogP contribution in [0.2, 0.25) is 5.02 Å². The van der Waals surface area contributed by atoms with Gasteiger partial charge < -0.3 is 9.64 Å². The van der Waals surface area contributed by atoms with E-state index in [-0.39, 0.29) is 12.5 Å². The molecule has 1 aliphatic rings. The zero-order valence-electron chi connectivity index (χ0n) is 7.87. The van der Waals surface area contributed by atoms with Gasteiger partial charge >= 0.3 is 0 Å². The number of benzene rings is 1. The molecule has 0 spiro atoms. The highest BCUT2D eigenvalue weighted by Crippen LogP contribution is 2.33. The highest BCUT2D eigenvalue weighted by atomic mass is 79.9. The van der Waals surface area contributed by atoms with Crippen LogP contribution in [0.1, 0.15) is 0 Å². The number of carbonyl (C=O) groups excluding carboxylic acids is 1. The topological polar surface area (TPSA) is 29.5 Å². The van der Waals surface area contributed by atoms with E-state index in [9.17, 15) is 4.79 Å². The maximum atomic E-state index is 11.6. The van der Waals surface area contributed by atoms with Crippen molar-refractivity contribution in [2.45, 2.75) is 0 Å². The fourth-order valence-corrected chi connectivity index (χ4v) is 2.06. The number of carbonyl (C=O) groups is 1. The van der Waals surface area contributed by atoms with E-state index >= 15 is 0 Å². The molecular weight excluding hydrogens is 281 g/mol. The van der Waals surface area contributed by atoms with Crippen LogP contribution in [0, 0.1) is 0 Å². The smallest absolute Gasteiger partial charge is 0.253 e. The average molecular weight is 291 g/mol. The number of hydrogen-bond acceptors (Lipinski definition) is 2. The number of amides is 1. The lowest BCUT2D eigenvalue weighted by atomic mass is 10.2. The van der Waals surface area contributed by atoms with Gasteiger partial charge in [-0.1, -0.05) is 17.7 Å². The normalized spacial score (nSPS) is 16.9. The number of morpholine rings is 1. The standard InChI is InChI=1S/C10H9BrClNO2/c11-7-2-1-3-8(10(7)12)13-4-5-15-6-9(13)14/h1-3H,4-6H2. The molecule has 0 saturated carbocycles. The number of halogens is 2. The minimum Gasteiger partial charge on any atom is -0.370 e. The van der Waals surface area contributed by atoms with Crippen LogP contribution >= 0.6 is 27.5 Å². The second-order valence-electron chi connectivity index (χ2n) is 3.17. The molecule has 0 aliphatic carbocycles. The summed E-state index contributed by atoms with van der Waals surface area (Å²) in [6.07, 6.45) is 0. The SMILES string of the molecule is O=C1COCCN1c1cccc(Br)c1Cl. The van der Waals surface area contributed by atoms with Crippen molar-refractivity contribution in [1.82, 2.24) is 0 Å². The van der Waals surface area contributed by atoms with Crippen LogP contribution in [0.25, 0.3) is 0 Å². The molecule has 0 atom stereocenters. The van der Waals surface area contributed by atoms with E-state index in [1.165, 1.54) is 0 Å². The van der Waals surface area contributed by atoms with Crippen molar-refractivity contribution >= 4 is 39.1 Å². The Kier molecular flexibility index (Phi) is 3.29. The van der Waals surface area contributed by atoms with Crippen molar-refractivity contribution in [3.8, 4) is 0 Å². The fourth-order valence-electron chi connectivity index (χ4n) is 1.47. The Hall–Kier alpha value is -0.580. The van der Waals surface area contributed by atoms with E-state index in [1.54, 1.807) is 4.90 Å².